The number of terminal acetylenes is 1. The van der Waals surface area contributed by atoms with Gasteiger partial charge in [-0.2, -0.15) is 4.72 Å². The molecule has 2 aromatic rings. The van der Waals surface area contributed by atoms with E-state index in [1.165, 1.54) is 42.5 Å². The SMILES string of the molecule is C#CCNS(=O)(=O)c1ccc(C(=O)NCc2ccccc2OC(F)(F)F)cc1. The Morgan fingerprint density at radius 3 is 2.36 bits per heavy atom. The van der Waals surface area contributed by atoms with Gasteiger partial charge in [-0.3, -0.25) is 4.79 Å². The van der Waals surface area contributed by atoms with Crippen molar-refractivity contribution in [3.05, 3.63) is 59.7 Å². The predicted octanol–water partition coefficient (Wildman–Crippen LogP) is 2.43. The second-order valence-electron chi connectivity index (χ2n) is 5.39. The minimum Gasteiger partial charge on any atom is -0.405 e. The van der Waals surface area contributed by atoms with Crippen LogP contribution in [0.3, 0.4) is 0 Å². The number of amides is 1. The van der Waals surface area contributed by atoms with E-state index in [9.17, 15) is 26.4 Å². The smallest absolute Gasteiger partial charge is 0.405 e. The van der Waals surface area contributed by atoms with Crippen LogP contribution in [0.5, 0.6) is 5.75 Å². The van der Waals surface area contributed by atoms with Gasteiger partial charge in [0.2, 0.25) is 10.0 Å². The number of carbonyl (C=O) groups excluding carboxylic acids is 1. The van der Waals surface area contributed by atoms with E-state index in [1.54, 1.807) is 0 Å². The first-order valence-electron chi connectivity index (χ1n) is 7.77. The molecule has 148 valence electrons. The molecule has 0 spiro atoms. The average Bonchev–Trinajstić information content (AvgIpc) is 2.64. The molecule has 0 unspecified atom stereocenters. The lowest BCUT2D eigenvalue weighted by molar-refractivity contribution is -0.274. The van der Waals surface area contributed by atoms with Crippen LogP contribution in [0.25, 0.3) is 0 Å². The summed E-state index contributed by atoms with van der Waals surface area (Å²) in [4.78, 5) is 12.1. The van der Waals surface area contributed by atoms with Crippen LogP contribution in [0, 0.1) is 12.3 Å². The molecule has 28 heavy (non-hydrogen) atoms. The van der Waals surface area contributed by atoms with E-state index in [0.717, 1.165) is 6.07 Å². The van der Waals surface area contributed by atoms with E-state index in [4.69, 9.17) is 6.42 Å². The lowest BCUT2D eigenvalue weighted by Gasteiger charge is -2.13. The van der Waals surface area contributed by atoms with Gasteiger partial charge < -0.3 is 10.1 Å². The third-order valence-electron chi connectivity index (χ3n) is 3.43. The van der Waals surface area contributed by atoms with Gasteiger partial charge in [-0.15, -0.1) is 19.6 Å². The largest absolute Gasteiger partial charge is 0.573 e. The van der Waals surface area contributed by atoms with Crippen molar-refractivity contribution in [1.82, 2.24) is 10.0 Å². The van der Waals surface area contributed by atoms with E-state index < -0.39 is 28.0 Å². The van der Waals surface area contributed by atoms with Crippen LogP contribution < -0.4 is 14.8 Å². The molecule has 6 nitrogen and oxygen atoms in total. The lowest BCUT2D eigenvalue weighted by Crippen LogP contribution is -2.25. The minimum absolute atomic E-state index is 0.0803. The summed E-state index contributed by atoms with van der Waals surface area (Å²) in [7, 11) is -3.79. The maximum absolute atomic E-state index is 12.4. The van der Waals surface area contributed by atoms with Gasteiger partial charge in [0.05, 0.1) is 11.4 Å². The molecule has 10 heteroatoms. The zero-order chi connectivity index (χ0) is 20.8. The first kappa shape index (κ1) is 21.3. The van der Waals surface area contributed by atoms with Crippen LogP contribution in [0.4, 0.5) is 13.2 Å². The lowest BCUT2D eigenvalue weighted by atomic mass is 10.2. The molecule has 1 amide bonds. The third-order valence-corrected chi connectivity index (χ3v) is 4.85. The van der Waals surface area contributed by atoms with E-state index in [1.807, 2.05) is 0 Å². The summed E-state index contributed by atoms with van der Waals surface area (Å²) >= 11 is 0. The third kappa shape index (κ3) is 6.00. The first-order valence-corrected chi connectivity index (χ1v) is 9.26. The molecule has 0 saturated carbocycles. The molecule has 2 N–H and O–H groups in total. The van der Waals surface area contributed by atoms with Gasteiger partial charge in [0.1, 0.15) is 5.75 Å². The number of sulfonamides is 1. The highest BCUT2D eigenvalue weighted by molar-refractivity contribution is 7.89. The van der Waals surface area contributed by atoms with Crippen molar-refractivity contribution in [3.8, 4) is 18.1 Å². The quantitative estimate of drug-likeness (QED) is 0.685. The standard InChI is InChI=1S/C18H15F3N2O4S/c1-2-11-23-28(25,26)15-9-7-13(8-10-15)17(24)22-12-14-5-3-4-6-16(14)27-18(19,20)21/h1,3-10,23H,11-12H2,(H,22,24). The molecule has 0 aromatic heterocycles. The topological polar surface area (TPSA) is 84.5 Å². The van der Waals surface area contributed by atoms with Crippen LogP contribution >= 0.6 is 0 Å². The average molecular weight is 412 g/mol. The first-order chi connectivity index (χ1) is 13.1. The molecule has 0 heterocycles. The summed E-state index contributed by atoms with van der Waals surface area (Å²) in [6.07, 6.45) is 0.150. The normalized spacial score (nSPS) is 11.5. The minimum atomic E-state index is -4.85. The van der Waals surface area contributed by atoms with Crippen molar-refractivity contribution in [3.63, 3.8) is 0 Å². The number of ether oxygens (including phenoxy) is 1. The maximum atomic E-state index is 12.4. The van der Waals surface area contributed by atoms with E-state index in [-0.39, 0.29) is 29.1 Å². The molecule has 0 aliphatic rings. The molecule has 0 fully saturated rings. The summed E-state index contributed by atoms with van der Waals surface area (Å²) in [5, 5.41) is 2.46. The molecule has 0 aliphatic heterocycles. The Morgan fingerprint density at radius 2 is 1.75 bits per heavy atom. The summed E-state index contributed by atoms with van der Waals surface area (Å²) in [6.45, 7) is -0.390. The second-order valence-corrected chi connectivity index (χ2v) is 7.16. The fourth-order valence-electron chi connectivity index (χ4n) is 2.16. The molecule has 2 aromatic carbocycles. The van der Waals surface area contributed by atoms with Crippen molar-refractivity contribution < 1.29 is 31.1 Å². The van der Waals surface area contributed by atoms with Gasteiger partial charge >= 0.3 is 6.36 Å². The number of para-hydroxylation sites is 1. The Bertz CT molecular complexity index is 981. The van der Waals surface area contributed by atoms with E-state index in [0.29, 0.717) is 0 Å². The Balaban J connectivity index is 2.06. The number of rotatable bonds is 7. The van der Waals surface area contributed by atoms with Crippen LogP contribution in [0.2, 0.25) is 0 Å². The Kier molecular flexibility index (Phi) is 6.66. The zero-order valence-electron chi connectivity index (χ0n) is 14.3. The van der Waals surface area contributed by atoms with Crippen LogP contribution in [-0.4, -0.2) is 27.2 Å². The summed E-state index contributed by atoms with van der Waals surface area (Å²) in [6, 6.07) is 10.4. The van der Waals surface area contributed by atoms with Crippen LogP contribution in [-0.2, 0) is 16.6 Å². The van der Waals surface area contributed by atoms with E-state index in [2.05, 4.69) is 20.7 Å². The monoisotopic (exact) mass is 412 g/mol. The Hall–Kier alpha value is -3.03. The van der Waals surface area contributed by atoms with Crippen molar-refractivity contribution in [2.45, 2.75) is 17.8 Å². The molecule has 0 radical (unpaired) electrons. The van der Waals surface area contributed by atoms with Gasteiger partial charge in [0.15, 0.2) is 0 Å². The van der Waals surface area contributed by atoms with Crippen molar-refractivity contribution in [2.24, 2.45) is 0 Å². The molecular formula is C18H15F3N2O4S. The number of hydrogen-bond donors (Lipinski definition) is 2. The summed E-state index contributed by atoms with van der Waals surface area (Å²) < 4.78 is 67.2. The molecule has 0 saturated heterocycles. The van der Waals surface area contributed by atoms with Crippen molar-refractivity contribution in [1.29, 1.82) is 0 Å². The number of benzene rings is 2. The summed E-state index contributed by atoms with van der Waals surface area (Å²) in [5.41, 5.74) is 0.260. The maximum Gasteiger partial charge on any atom is 0.573 e. The molecule has 0 bridgehead atoms. The van der Waals surface area contributed by atoms with Crippen LogP contribution in [0.15, 0.2) is 53.4 Å². The Morgan fingerprint density at radius 1 is 1.11 bits per heavy atom. The van der Waals surface area contributed by atoms with Gasteiger partial charge in [-0.05, 0) is 30.3 Å². The predicted molar refractivity (Wildman–Crippen MR) is 94.8 cm³/mol. The summed E-state index contributed by atoms with van der Waals surface area (Å²) in [5.74, 6) is 1.12. The van der Waals surface area contributed by atoms with E-state index >= 15 is 0 Å². The molecule has 0 atom stereocenters. The number of carbonyl (C=O) groups is 1. The Labute approximate surface area is 159 Å². The highest BCUT2D eigenvalue weighted by atomic mass is 32.2. The molecular weight excluding hydrogens is 397 g/mol. The highest BCUT2D eigenvalue weighted by Gasteiger charge is 2.32. The number of nitrogens with one attached hydrogen (secondary N) is 2. The second kappa shape index (κ2) is 8.77. The fourth-order valence-corrected chi connectivity index (χ4v) is 3.09. The van der Waals surface area contributed by atoms with Gasteiger partial charge in [-0.1, -0.05) is 24.1 Å². The molecule has 0 aliphatic carbocycles. The van der Waals surface area contributed by atoms with Gasteiger partial charge in [-0.25, -0.2) is 8.42 Å². The number of halogens is 3. The zero-order valence-corrected chi connectivity index (χ0v) is 15.1. The fraction of sp³-hybridized carbons (Fsp3) is 0.167. The van der Waals surface area contributed by atoms with Crippen molar-refractivity contribution >= 4 is 15.9 Å². The number of alkyl halides is 3. The van der Waals surface area contributed by atoms with Crippen molar-refractivity contribution in [2.75, 3.05) is 6.54 Å². The number of hydrogen-bond acceptors (Lipinski definition) is 4. The van der Waals surface area contributed by atoms with Gasteiger partial charge in [0.25, 0.3) is 5.91 Å². The van der Waals surface area contributed by atoms with Gasteiger partial charge in [0, 0.05) is 17.7 Å². The van der Waals surface area contributed by atoms with Crippen LogP contribution in [0.1, 0.15) is 15.9 Å². The highest BCUT2D eigenvalue weighted by Crippen LogP contribution is 2.26. The molecule has 2 rings (SSSR count).